The van der Waals surface area contributed by atoms with Crippen molar-refractivity contribution in [3.63, 3.8) is 0 Å². The fourth-order valence-corrected chi connectivity index (χ4v) is 3.72. The average Bonchev–Trinajstić information content (AvgIpc) is 2.40. The molecule has 1 heteroatoms. The van der Waals surface area contributed by atoms with Gasteiger partial charge in [-0.3, -0.25) is 0 Å². The first kappa shape index (κ1) is 10.3. The summed E-state index contributed by atoms with van der Waals surface area (Å²) in [7, 11) is -0.322. The molecule has 17 heavy (non-hydrogen) atoms. The Hall–Kier alpha value is -1.86. The molecule has 0 fully saturated rings. The summed E-state index contributed by atoms with van der Waals surface area (Å²) in [4.78, 5) is 0. The molecule has 0 aliphatic rings. The predicted molar refractivity (Wildman–Crippen MR) is 78.2 cm³/mol. The Balaban J connectivity index is 1.96. The van der Waals surface area contributed by atoms with E-state index in [9.17, 15) is 0 Å². The molecule has 0 nitrogen and oxygen atoms in total. The zero-order valence-electron chi connectivity index (χ0n) is 9.64. The standard InChI is InChI=1S/C16H14Si/c1-2-8-15(9-3-1)17-16-11-10-13-6-4-5-7-14(13)12-16/h1-12H,17H2. The molecule has 0 spiro atoms. The van der Waals surface area contributed by atoms with E-state index in [-0.39, 0.29) is 9.52 Å². The van der Waals surface area contributed by atoms with Crippen molar-refractivity contribution in [1.29, 1.82) is 0 Å². The van der Waals surface area contributed by atoms with E-state index >= 15 is 0 Å². The van der Waals surface area contributed by atoms with Crippen LogP contribution in [0.5, 0.6) is 0 Å². The Labute approximate surface area is 104 Å². The number of rotatable bonds is 2. The average molecular weight is 234 g/mol. The van der Waals surface area contributed by atoms with E-state index in [0.717, 1.165) is 0 Å². The summed E-state index contributed by atoms with van der Waals surface area (Å²) in [5.74, 6) is 0. The molecule has 3 rings (SSSR count). The van der Waals surface area contributed by atoms with Crippen LogP contribution in [0.1, 0.15) is 0 Å². The molecule has 0 aliphatic heterocycles. The van der Waals surface area contributed by atoms with Gasteiger partial charge in [0.2, 0.25) is 0 Å². The molecule has 82 valence electrons. The molecular formula is C16H14Si. The molecule has 0 heterocycles. The fourth-order valence-electron chi connectivity index (χ4n) is 2.18. The van der Waals surface area contributed by atoms with Crippen molar-refractivity contribution in [2.75, 3.05) is 0 Å². The first-order valence-electron chi connectivity index (χ1n) is 5.93. The molecule has 0 atom stereocenters. The van der Waals surface area contributed by atoms with Crippen LogP contribution >= 0.6 is 0 Å². The van der Waals surface area contributed by atoms with Gasteiger partial charge >= 0.3 is 0 Å². The zero-order valence-corrected chi connectivity index (χ0v) is 11.0. The van der Waals surface area contributed by atoms with Gasteiger partial charge in [-0.05, 0) is 10.8 Å². The minimum absolute atomic E-state index is 0.322. The van der Waals surface area contributed by atoms with Crippen LogP contribution in [0.2, 0.25) is 0 Å². The molecule has 0 aromatic heterocycles. The molecule has 0 aliphatic carbocycles. The van der Waals surface area contributed by atoms with E-state index in [1.165, 1.54) is 21.1 Å². The van der Waals surface area contributed by atoms with Crippen LogP contribution < -0.4 is 10.4 Å². The van der Waals surface area contributed by atoms with Gasteiger partial charge in [-0.25, -0.2) is 0 Å². The van der Waals surface area contributed by atoms with Crippen molar-refractivity contribution in [2.24, 2.45) is 0 Å². The van der Waals surface area contributed by atoms with Crippen LogP contribution in [0.3, 0.4) is 0 Å². The van der Waals surface area contributed by atoms with Crippen molar-refractivity contribution < 1.29 is 0 Å². The second-order valence-electron chi connectivity index (χ2n) is 4.34. The van der Waals surface area contributed by atoms with Crippen LogP contribution in [0, 0.1) is 0 Å². The molecule has 0 saturated carbocycles. The lowest BCUT2D eigenvalue weighted by Gasteiger charge is -2.03. The van der Waals surface area contributed by atoms with Gasteiger partial charge < -0.3 is 0 Å². The minimum Gasteiger partial charge on any atom is -0.0633 e. The molecule has 3 aromatic carbocycles. The highest BCUT2D eigenvalue weighted by molar-refractivity contribution is 6.67. The molecule has 0 saturated heterocycles. The summed E-state index contributed by atoms with van der Waals surface area (Å²) >= 11 is 0. The van der Waals surface area contributed by atoms with Crippen LogP contribution in [0.4, 0.5) is 0 Å². The lowest BCUT2D eigenvalue weighted by molar-refractivity contribution is 1.76. The lowest BCUT2D eigenvalue weighted by Crippen LogP contribution is -2.26. The number of fused-ring (bicyclic) bond motifs is 1. The first-order chi connectivity index (χ1) is 8.42. The summed E-state index contributed by atoms with van der Waals surface area (Å²) in [5.41, 5.74) is 0. The van der Waals surface area contributed by atoms with Gasteiger partial charge in [-0.15, -0.1) is 0 Å². The molecule has 0 N–H and O–H groups in total. The third-order valence-electron chi connectivity index (χ3n) is 3.06. The molecule has 0 radical (unpaired) electrons. The molecule has 0 amide bonds. The Bertz CT molecular complexity index is 629. The quantitative estimate of drug-likeness (QED) is 0.595. The molecule has 0 bridgehead atoms. The van der Waals surface area contributed by atoms with E-state index in [4.69, 9.17) is 0 Å². The maximum absolute atomic E-state index is 2.34. The van der Waals surface area contributed by atoms with Gasteiger partial charge in [0.05, 0.1) is 9.52 Å². The summed E-state index contributed by atoms with van der Waals surface area (Å²) in [6.07, 6.45) is 0. The largest absolute Gasteiger partial charge is 0.0875 e. The monoisotopic (exact) mass is 234 g/mol. The maximum Gasteiger partial charge on any atom is 0.0875 e. The van der Waals surface area contributed by atoms with Crippen LogP contribution in [0.25, 0.3) is 10.8 Å². The maximum atomic E-state index is 2.34. The second kappa shape index (κ2) is 4.56. The molecule has 0 unspecified atom stereocenters. The molecular weight excluding hydrogens is 220 g/mol. The van der Waals surface area contributed by atoms with Gasteiger partial charge in [0.15, 0.2) is 0 Å². The number of benzene rings is 3. The van der Waals surface area contributed by atoms with E-state index in [1.807, 2.05) is 0 Å². The summed E-state index contributed by atoms with van der Waals surface area (Å²) in [5, 5.41) is 5.70. The summed E-state index contributed by atoms with van der Waals surface area (Å²) < 4.78 is 0. The Kier molecular flexibility index (Phi) is 2.76. The zero-order chi connectivity index (χ0) is 11.5. The Morgan fingerprint density at radius 1 is 0.529 bits per heavy atom. The second-order valence-corrected chi connectivity index (χ2v) is 6.33. The van der Waals surface area contributed by atoms with Gasteiger partial charge in [-0.2, -0.15) is 0 Å². The highest BCUT2D eigenvalue weighted by Crippen LogP contribution is 2.10. The fraction of sp³-hybridized carbons (Fsp3) is 0. The third kappa shape index (κ3) is 2.29. The highest BCUT2D eigenvalue weighted by Gasteiger charge is 1.98. The molecule has 3 aromatic rings. The van der Waals surface area contributed by atoms with Gasteiger partial charge in [-0.1, -0.05) is 83.2 Å². The predicted octanol–water partition coefficient (Wildman–Crippen LogP) is 1.96. The van der Waals surface area contributed by atoms with Gasteiger partial charge in [0.25, 0.3) is 0 Å². The van der Waals surface area contributed by atoms with E-state index in [2.05, 4.69) is 72.8 Å². The highest BCUT2D eigenvalue weighted by atomic mass is 28.2. The van der Waals surface area contributed by atoms with Crippen LogP contribution in [0.15, 0.2) is 72.8 Å². The third-order valence-corrected chi connectivity index (χ3v) is 4.79. The van der Waals surface area contributed by atoms with Gasteiger partial charge in [0, 0.05) is 0 Å². The Morgan fingerprint density at radius 3 is 2.06 bits per heavy atom. The van der Waals surface area contributed by atoms with E-state index < -0.39 is 0 Å². The van der Waals surface area contributed by atoms with Crippen LogP contribution in [-0.4, -0.2) is 9.52 Å². The topological polar surface area (TPSA) is 0 Å². The smallest absolute Gasteiger partial charge is 0.0633 e. The van der Waals surface area contributed by atoms with Crippen molar-refractivity contribution in [1.82, 2.24) is 0 Å². The van der Waals surface area contributed by atoms with Crippen molar-refractivity contribution in [2.45, 2.75) is 0 Å². The first-order valence-corrected chi connectivity index (χ1v) is 7.35. The SMILES string of the molecule is c1ccc([SiH2]c2ccc3ccccc3c2)cc1. The van der Waals surface area contributed by atoms with E-state index in [1.54, 1.807) is 0 Å². The van der Waals surface area contributed by atoms with Crippen molar-refractivity contribution >= 4 is 30.7 Å². The summed E-state index contributed by atoms with van der Waals surface area (Å²) in [6, 6.07) is 26.2. The normalized spacial score (nSPS) is 11.3. The lowest BCUT2D eigenvalue weighted by atomic mass is 10.1. The van der Waals surface area contributed by atoms with Crippen molar-refractivity contribution in [3.05, 3.63) is 72.8 Å². The summed E-state index contributed by atoms with van der Waals surface area (Å²) in [6.45, 7) is 0. The van der Waals surface area contributed by atoms with Crippen LogP contribution in [-0.2, 0) is 0 Å². The van der Waals surface area contributed by atoms with E-state index in [0.29, 0.717) is 0 Å². The number of hydrogen-bond acceptors (Lipinski definition) is 0. The Morgan fingerprint density at radius 2 is 1.24 bits per heavy atom. The van der Waals surface area contributed by atoms with Crippen molar-refractivity contribution in [3.8, 4) is 0 Å². The number of hydrogen-bond donors (Lipinski definition) is 0. The van der Waals surface area contributed by atoms with Gasteiger partial charge in [0.1, 0.15) is 0 Å². The minimum atomic E-state index is -0.322.